The Morgan fingerprint density at radius 2 is 1.89 bits per heavy atom. The SMILES string of the molecule is CCOP(=O)(OCC)C(CC=O)(COC)OC[C@H]1O[C@@H](n2ncc3c(N(C(=O)O)C4CCCC4)nc(Cl)nc32)[C@@H]2OC(C)(C)O[C@@H]21. The number of fused-ring (bicyclic) bond motifs is 2. The Kier molecular flexibility index (Phi) is 10.7. The number of methoxy groups -OCH3 is 1. The fourth-order valence-electron chi connectivity index (χ4n) is 6.46. The van der Waals surface area contributed by atoms with Crippen molar-refractivity contribution in [3.63, 3.8) is 0 Å². The summed E-state index contributed by atoms with van der Waals surface area (Å²) in [6, 6.07) is -0.251. The predicted molar refractivity (Wildman–Crippen MR) is 163 cm³/mol. The molecule has 46 heavy (non-hydrogen) atoms. The van der Waals surface area contributed by atoms with E-state index in [2.05, 4.69) is 15.1 Å². The summed E-state index contributed by atoms with van der Waals surface area (Å²) >= 11 is 6.36. The Balaban J connectivity index is 1.50. The second-order valence-electron chi connectivity index (χ2n) is 11.8. The molecule has 1 unspecified atom stereocenters. The molecule has 2 aromatic heterocycles. The van der Waals surface area contributed by atoms with Crippen molar-refractivity contribution in [3.05, 3.63) is 11.5 Å². The maximum atomic E-state index is 14.0. The number of amides is 1. The van der Waals surface area contributed by atoms with Crippen molar-refractivity contribution in [3.8, 4) is 0 Å². The van der Waals surface area contributed by atoms with E-state index >= 15 is 0 Å². The van der Waals surface area contributed by atoms with Gasteiger partial charge in [0, 0.05) is 19.6 Å². The summed E-state index contributed by atoms with van der Waals surface area (Å²) in [6.07, 6.45) is 0.640. The van der Waals surface area contributed by atoms with Crippen LogP contribution < -0.4 is 4.90 Å². The van der Waals surface area contributed by atoms with Crippen LogP contribution in [-0.2, 0) is 42.1 Å². The van der Waals surface area contributed by atoms with Crippen molar-refractivity contribution in [2.24, 2.45) is 0 Å². The molecule has 5 atom stereocenters. The summed E-state index contributed by atoms with van der Waals surface area (Å²) in [5.74, 6) is -0.878. The van der Waals surface area contributed by atoms with E-state index in [1.807, 2.05) is 0 Å². The highest BCUT2D eigenvalue weighted by atomic mass is 35.5. The van der Waals surface area contributed by atoms with Crippen molar-refractivity contribution in [2.45, 2.75) is 102 Å². The maximum absolute atomic E-state index is 14.0. The van der Waals surface area contributed by atoms with E-state index in [0.717, 1.165) is 12.8 Å². The van der Waals surface area contributed by atoms with Gasteiger partial charge in [-0.15, -0.1) is 0 Å². The molecular formula is C28H41ClN5O11P. The largest absolute Gasteiger partial charge is 0.465 e. The number of aromatic nitrogens is 4. The molecule has 1 saturated carbocycles. The first-order valence-electron chi connectivity index (χ1n) is 15.3. The maximum Gasteiger partial charge on any atom is 0.413 e. The molecule has 0 aromatic carbocycles. The third-order valence-electron chi connectivity index (χ3n) is 8.28. The number of ether oxygens (including phenoxy) is 5. The lowest BCUT2D eigenvalue weighted by molar-refractivity contribution is -0.207. The quantitative estimate of drug-likeness (QED) is 0.156. The number of hydrogen-bond donors (Lipinski definition) is 1. The number of anilines is 1. The van der Waals surface area contributed by atoms with E-state index in [0.29, 0.717) is 24.5 Å². The molecule has 1 N–H and O–H groups in total. The van der Waals surface area contributed by atoms with Crippen LogP contribution in [0.25, 0.3) is 11.0 Å². The fourth-order valence-corrected chi connectivity index (χ4v) is 8.67. The second kappa shape index (κ2) is 14.1. The molecule has 18 heteroatoms. The van der Waals surface area contributed by atoms with Crippen LogP contribution in [-0.4, -0.2) is 106 Å². The molecule has 16 nitrogen and oxygen atoms in total. The zero-order valence-electron chi connectivity index (χ0n) is 26.5. The van der Waals surface area contributed by atoms with Gasteiger partial charge in [-0.25, -0.2) is 9.48 Å². The first-order valence-corrected chi connectivity index (χ1v) is 17.2. The van der Waals surface area contributed by atoms with Gasteiger partial charge in [0.2, 0.25) is 5.28 Å². The number of carbonyl (C=O) groups excluding carboxylic acids is 1. The molecule has 0 spiro atoms. The molecule has 1 amide bonds. The topological polar surface area (TPSA) is 183 Å². The number of nitrogens with zero attached hydrogens (tertiary/aromatic N) is 5. The van der Waals surface area contributed by atoms with Gasteiger partial charge in [-0.1, -0.05) is 12.8 Å². The van der Waals surface area contributed by atoms with Crippen LogP contribution >= 0.6 is 19.2 Å². The Hall–Kier alpha value is -2.27. The lowest BCUT2D eigenvalue weighted by atomic mass is 10.1. The van der Waals surface area contributed by atoms with Crippen molar-refractivity contribution in [1.82, 2.24) is 19.7 Å². The van der Waals surface area contributed by atoms with E-state index in [9.17, 15) is 19.3 Å². The number of rotatable bonds is 15. The fraction of sp³-hybridized carbons (Fsp3) is 0.750. The minimum atomic E-state index is -4.05. The molecule has 2 aliphatic heterocycles. The highest BCUT2D eigenvalue weighted by Crippen LogP contribution is 2.62. The Morgan fingerprint density at radius 1 is 1.22 bits per heavy atom. The van der Waals surface area contributed by atoms with Crippen molar-refractivity contribution >= 4 is 48.4 Å². The molecule has 1 aliphatic carbocycles. The number of carboxylic acid groups (broad SMARTS) is 1. The van der Waals surface area contributed by atoms with Gasteiger partial charge in [0.25, 0.3) is 0 Å². The van der Waals surface area contributed by atoms with Crippen molar-refractivity contribution < 1.29 is 52.0 Å². The monoisotopic (exact) mass is 689 g/mol. The normalized spacial score (nSPS) is 26.0. The van der Waals surface area contributed by atoms with Crippen LogP contribution in [0, 0.1) is 0 Å². The zero-order valence-corrected chi connectivity index (χ0v) is 28.1. The zero-order chi connectivity index (χ0) is 33.3. The lowest BCUT2D eigenvalue weighted by Gasteiger charge is -2.37. The highest BCUT2D eigenvalue weighted by molar-refractivity contribution is 7.55. The van der Waals surface area contributed by atoms with Crippen LogP contribution in [0.1, 0.15) is 66.0 Å². The van der Waals surface area contributed by atoms with Crippen LogP contribution in [0.15, 0.2) is 6.20 Å². The molecular weight excluding hydrogens is 649 g/mol. The number of carbonyl (C=O) groups is 2. The first kappa shape index (κ1) is 35.0. The first-order chi connectivity index (χ1) is 21.9. The molecule has 2 saturated heterocycles. The lowest BCUT2D eigenvalue weighted by Crippen LogP contribution is -2.43. The summed E-state index contributed by atoms with van der Waals surface area (Å²) in [5.41, 5.74) is 0.241. The van der Waals surface area contributed by atoms with E-state index in [1.54, 1.807) is 27.7 Å². The van der Waals surface area contributed by atoms with Crippen LogP contribution in [0.4, 0.5) is 10.6 Å². The molecule has 256 valence electrons. The van der Waals surface area contributed by atoms with Gasteiger partial charge in [0.1, 0.15) is 24.6 Å². The molecule has 3 fully saturated rings. The van der Waals surface area contributed by atoms with Gasteiger partial charge in [0.15, 0.2) is 28.8 Å². The van der Waals surface area contributed by atoms with E-state index in [4.69, 9.17) is 44.3 Å². The number of halogens is 1. The summed E-state index contributed by atoms with van der Waals surface area (Å²) in [4.78, 5) is 34.2. The summed E-state index contributed by atoms with van der Waals surface area (Å²) < 4.78 is 57.2. The Morgan fingerprint density at radius 3 is 2.50 bits per heavy atom. The average molecular weight is 690 g/mol. The van der Waals surface area contributed by atoms with Gasteiger partial charge < -0.3 is 42.6 Å². The number of aldehydes is 1. The van der Waals surface area contributed by atoms with Crippen LogP contribution in [0.5, 0.6) is 0 Å². The molecule has 5 rings (SSSR count). The standard InChI is InChI=1S/C28H41ClN5O11P/c1-6-41-46(38,42-7-2)28(12-13-35,16-39-5)40-15-19-20-21(45-27(3,4)44-20)24(43-19)34-23-18(14-30-34)22(31-25(29)32-23)33(26(36)37)17-10-8-9-11-17/h13-14,17,19-21,24H,6-12,15-16H2,1-5H3,(H,36,37)/t19-,20-,21-,24-,28?/m1/s1. The van der Waals surface area contributed by atoms with Gasteiger partial charge in [-0.2, -0.15) is 15.1 Å². The van der Waals surface area contributed by atoms with Crippen LogP contribution in [0.3, 0.4) is 0 Å². The van der Waals surface area contributed by atoms with Gasteiger partial charge in [0.05, 0.1) is 38.0 Å². The number of hydrogen-bond acceptors (Lipinski definition) is 13. The minimum absolute atomic E-state index is 0.0433. The van der Waals surface area contributed by atoms with Crippen molar-refractivity contribution in [2.75, 3.05) is 38.4 Å². The van der Waals surface area contributed by atoms with Crippen molar-refractivity contribution in [1.29, 1.82) is 0 Å². The molecule has 2 aromatic rings. The molecule has 0 bridgehead atoms. The average Bonchev–Trinajstić information content (AvgIpc) is 3.77. The van der Waals surface area contributed by atoms with E-state index < -0.39 is 49.4 Å². The third-order valence-corrected chi connectivity index (χ3v) is 11.1. The van der Waals surface area contributed by atoms with Gasteiger partial charge >= 0.3 is 13.7 Å². The smallest absolute Gasteiger partial charge is 0.413 e. The second-order valence-corrected chi connectivity index (χ2v) is 14.4. The van der Waals surface area contributed by atoms with E-state index in [1.165, 1.54) is 22.9 Å². The summed E-state index contributed by atoms with van der Waals surface area (Å²) in [7, 11) is -2.65. The third kappa shape index (κ3) is 6.56. The van der Waals surface area contributed by atoms with Gasteiger partial charge in [-0.05, 0) is 52.1 Å². The molecule has 0 radical (unpaired) electrons. The Labute approximate surface area is 271 Å². The minimum Gasteiger partial charge on any atom is -0.465 e. The van der Waals surface area contributed by atoms with Gasteiger partial charge in [-0.3, -0.25) is 9.46 Å². The Bertz CT molecular complexity index is 1450. The highest BCUT2D eigenvalue weighted by Gasteiger charge is 2.59. The summed E-state index contributed by atoms with van der Waals surface area (Å²) in [5, 5.41) is 13.1. The molecule has 4 heterocycles. The predicted octanol–water partition coefficient (Wildman–Crippen LogP) is 4.54. The molecule has 3 aliphatic rings. The van der Waals surface area contributed by atoms with Crippen LogP contribution in [0.2, 0.25) is 5.28 Å². The van der Waals surface area contributed by atoms with E-state index in [-0.39, 0.29) is 55.6 Å². The summed E-state index contributed by atoms with van der Waals surface area (Å²) in [6.45, 7) is 6.43.